The molecule has 5 heteroatoms. The molecule has 21 rings (SSSR count). The van der Waals surface area contributed by atoms with E-state index < -0.39 is 0 Å². The van der Waals surface area contributed by atoms with Gasteiger partial charge in [0.05, 0.1) is 16.6 Å². The summed E-state index contributed by atoms with van der Waals surface area (Å²) in [5.41, 5.74) is 16.6. The minimum atomic E-state index is -0.0855. The van der Waals surface area contributed by atoms with Gasteiger partial charge in [-0.2, -0.15) is 0 Å². The monoisotopic (exact) mass is 1080 g/mol. The number of rotatable bonds is 2. The molecule has 0 amide bonds. The van der Waals surface area contributed by atoms with Crippen molar-refractivity contribution in [3.05, 3.63) is 249 Å². The molecular weight excluding hydrogens is 1040 g/mol. The summed E-state index contributed by atoms with van der Waals surface area (Å²) < 4.78 is 10.6. The number of aromatic nitrogens is 2. The number of fused-ring (bicyclic) bond motifs is 30. The average molecular weight is 1080 g/mol. The Labute approximate surface area is 482 Å². The van der Waals surface area contributed by atoms with Gasteiger partial charge < -0.3 is 9.13 Å². The number of hydrogen-bond donors (Lipinski definition) is 0. The fourth-order valence-corrected chi connectivity index (χ4v) is 18.3. The van der Waals surface area contributed by atoms with Gasteiger partial charge in [-0.25, -0.2) is 0 Å². The topological polar surface area (TPSA) is 9.86 Å². The van der Waals surface area contributed by atoms with E-state index in [0.717, 1.165) is 0 Å². The van der Waals surface area contributed by atoms with Crippen LogP contribution in [0.1, 0.15) is 0 Å². The molecule has 0 aliphatic carbocycles. The van der Waals surface area contributed by atoms with Crippen molar-refractivity contribution in [3.8, 4) is 33.6 Å². The van der Waals surface area contributed by atoms with E-state index in [1.54, 1.807) is 0 Å². The second-order valence-corrected chi connectivity index (χ2v) is 25.5. The van der Waals surface area contributed by atoms with Crippen LogP contribution in [0.15, 0.2) is 249 Å². The molecule has 0 radical (unpaired) electrons. The van der Waals surface area contributed by atoms with Crippen molar-refractivity contribution < 1.29 is 0 Å². The van der Waals surface area contributed by atoms with Crippen molar-refractivity contribution >= 4 is 194 Å². The Morgan fingerprint density at radius 2 is 0.663 bits per heavy atom. The second-order valence-electron chi connectivity index (χ2n) is 23.3. The van der Waals surface area contributed by atoms with Crippen LogP contribution in [0.3, 0.4) is 0 Å². The minimum absolute atomic E-state index is 0.0855. The summed E-state index contributed by atoms with van der Waals surface area (Å²) in [6.45, 7) is -0.0855. The number of hydrogen-bond acceptors (Lipinski definition) is 2. The summed E-state index contributed by atoms with van der Waals surface area (Å²) >= 11 is 3.77. The molecule has 4 aromatic heterocycles. The fourth-order valence-electron chi connectivity index (χ4n) is 16.1. The van der Waals surface area contributed by atoms with Gasteiger partial charge in [-0.3, -0.25) is 0 Å². The highest BCUT2D eigenvalue weighted by Crippen LogP contribution is 2.50. The van der Waals surface area contributed by atoms with E-state index in [1.807, 2.05) is 22.7 Å². The van der Waals surface area contributed by atoms with E-state index in [-0.39, 0.29) is 6.71 Å². The number of benzene rings is 15. The molecular formula is C78H41BN2S2. The molecule has 0 unspecified atom stereocenters. The van der Waals surface area contributed by atoms with Crippen LogP contribution < -0.4 is 16.4 Å². The van der Waals surface area contributed by atoms with E-state index in [4.69, 9.17) is 0 Å². The highest BCUT2D eigenvalue weighted by atomic mass is 32.1. The minimum Gasteiger partial charge on any atom is -0.310 e. The van der Waals surface area contributed by atoms with E-state index in [9.17, 15) is 0 Å². The Hall–Kier alpha value is -10.0. The molecule has 378 valence electrons. The van der Waals surface area contributed by atoms with Gasteiger partial charge in [-0.15, -0.1) is 22.7 Å². The molecule has 0 atom stereocenters. The lowest BCUT2D eigenvalue weighted by Crippen LogP contribution is -2.59. The lowest BCUT2D eigenvalue weighted by atomic mass is 9.34. The lowest BCUT2D eigenvalue weighted by molar-refractivity contribution is 1.14. The Bertz CT molecular complexity index is 6230. The third-order valence-electron chi connectivity index (χ3n) is 19.4. The standard InChI is InChI=1S/C78H41BN2S2/c1-3-18-50-46(14-1)48-16-5-7-22-54(48)72-56(50)31-33-65-74(72)75-73-55-23-8-6-17-49(55)47-15-2-4-19-51(47)60(73)41-63-78(75)81(65)67-25-13-24-66-76(67)79(63)62-40-45(44-30-35-71-59(38-44)53-21-10-12-27-69(53)83-71)39-61-57-36-42(28-32-64(57)80(66)77(61)62)43-29-34-70-58(37-43)52-20-9-11-26-68(52)82-70/h1-41H. The Kier molecular flexibility index (Phi) is 8.16. The Balaban J connectivity index is 0.944. The predicted octanol–water partition coefficient (Wildman–Crippen LogP) is 20.0. The van der Waals surface area contributed by atoms with Crippen molar-refractivity contribution in [2.45, 2.75) is 0 Å². The third kappa shape index (κ3) is 5.46. The number of thiophene rings is 2. The van der Waals surface area contributed by atoms with Gasteiger partial charge in [0.15, 0.2) is 0 Å². The molecule has 6 heterocycles. The van der Waals surface area contributed by atoms with Crippen molar-refractivity contribution in [1.29, 1.82) is 0 Å². The maximum Gasteiger partial charge on any atom is 0.252 e. The highest BCUT2D eigenvalue weighted by Gasteiger charge is 2.42. The summed E-state index contributed by atoms with van der Waals surface area (Å²) in [5, 5.41) is 26.0. The van der Waals surface area contributed by atoms with E-state index in [0.29, 0.717) is 0 Å². The van der Waals surface area contributed by atoms with Crippen LogP contribution in [0.4, 0.5) is 0 Å². The van der Waals surface area contributed by atoms with Gasteiger partial charge in [-0.1, -0.05) is 176 Å². The van der Waals surface area contributed by atoms with Crippen LogP contribution in [-0.4, -0.2) is 15.8 Å². The Morgan fingerprint density at radius 1 is 0.241 bits per heavy atom. The second kappa shape index (κ2) is 15.5. The van der Waals surface area contributed by atoms with Gasteiger partial charge in [0, 0.05) is 89.6 Å². The van der Waals surface area contributed by atoms with E-state index in [1.165, 1.54) is 199 Å². The van der Waals surface area contributed by atoms with Crippen molar-refractivity contribution in [2.24, 2.45) is 0 Å². The van der Waals surface area contributed by atoms with Crippen LogP contribution in [0.25, 0.3) is 182 Å². The smallest absolute Gasteiger partial charge is 0.252 e. The summed E-state index contributed by atoms with van der Waals surface area (Å²) in [7, 11) is 0. The highest BCUT2D eigenvalue weighted by molar-refractivity contribution is 7.26. The first-order chi connectivity index (χ1) is 41.2. The molecule has 0 saturated heterocycles. The van der Waals surface area contributed by atoms with Crippen LogP contribution in [0.5, 0.6) is 0 Å². The molecule has 83 heavy (non-hydrogen) atoms. The molecule has 0 spiro atoms. The van der Waals surface area contributed by atoms with Gasteiger partial charge in [0.25, 0.3) is 6.71 Å². The van der Waals surface area contributed by atoms with Crippen molar-refractivity contribution in [3.63, 3.8) is 0 Å². The molecule has 15 aromatic carbocycles. The zero-order valence-corrected chi connectivity index (χ0v) is 46.1. The molecule has 0 bridgehead atoms. The first-order valence-corrected chi connectivity index (χ1v) is 30.5. The summed E-state index contributed by atoms with van der Waals surface area (Å²) in [4.78, 5) is 0. The van der Waals surface area contributed by atoms with E-state index >= 15 is 0 Å². The quantitative estimate of drug-likeness (QED) is 0.121. The zero-order valence-electron chi connectivity index (χ0n) is 44.5. The lowest BCUT2D eigenvalue weighted by Gasteiger charge is -2.34. The summed E-state index contributed by atoms with van der Waals surface area (Å²) in [5.74, 6) is 0. The van der Waals surface area contributed by atoms with Gasteiger partial charge in [0.1, 0.15) is 0 Å². The van der Waals surface area contributed by atoms with Gasteiger partial charge in [0.2, 0.25) is 0 Å². The SMILES string of the molecule is c1cc2c3c(c1)-n1c4ccc5c6ccccc6c6ccccc6c5c4c4c5c6ccccc6c6ccccc6c5cc(c41)B3c1cc(-c3ccc4sc5ccccc5c4c3)cc3c4cc(-c5ccc6sc7ccccc7c6c5)ccc4n-2c13. The van der Waals surface area contributed by atoms with Crippen LogP contribution in [0.2, 0.25) is 0 Å². The Morgan fingerprint density at radius 3 is 1.27 bits per heavy atom. The molecule has 0 fully saturated rings. The molecule has 19 aromatic rings. The van der Waals surface area contributed by atoms with Crippen LogP contribution in [-0.2, 0) is 0 Å². The van der Waals surface area contributed by atoms with Crippen molar-refractivity contribution in [2.75, 3.05) is 0 Å². The molecule has 0 N–H and O–H groups in total. The van der Waals surface area contributed by atoms with Crippen LogP contribution in [0, 0.1) is 0 Å². The molecule has 2 aliphatic heterocycles. The van der Waals surface area contributed by atoms with Crippen molar-refractivity contribution in [1.82, 2.24) is 9.13 Å². The predicted molar refractivity (Wildman–Crippen MR) is 361 cm³/mol. The first-order valence-electron chi connectivity index (χ1n) is 28.8. The summed E-state index contributed by atoms with van der Waals surface area (Å²) in [6.07, 6.45) is 0. The first kappa shape index (κ1) is 43.7. The molecule has 2 aliphatic rings. The average Bonchev–Trinajstić information content (AvgIpc) is 1.78. The fraction of sp³-hybridized carbons (Fsp3) is 0. The van der Waals surface area contributed by atoms with Gasteiger partial charge in [-0.05, 0) is 165 Å². The zero-order chi connectivity index (χ0) is 53.5. The van der Waals surface area contributed by atoms with Gasteiger partial charge >= 0.3 is 0 Å². The maximum absolute atomic E-state index is 2.69. The summed E-state index contributed by atoms with van der Waals surface area (Å²) in [6, 6.07) is 95.7. The van der Waals surface area contributed by atoms with Crippen LogP contribution >= 0.6 is 22.7 Å². The van der Waals surface area contributed by atoms with E-state index in [2.05, 4.69) is 258 Å². The third-order valence-corrected chi connectivity index (χ3v) is 21.7. The normalized spacial score (nSPS) is 13.0. The molecule has 0 saturated carbocycles. The maximum atomic E-state index is 2.69. The number of nitrogens with zero attached hydrogens (tertiary/aromatic N) is 2. The largest absolute Gasteiger partial charge is 0.310 e. The molecule has 2 nitrogen and oxygen atoms in total.